The molecule has 3 aromatic carbocycles. The van der Waals surface area contributed by atoms with Gasteiger partial charge in [0.25, 0.3) is 17.5 Å². The van der Waals surface area contributed by atoms with Crippen molar-refractivity contribution in [2.24, 2.45) is 5.10 Å². The second-order valence-electron chi connectivity index (χ2n) is 6.42. The van der Waals surface area contributed by atoms with Crippen LogP contribution in [0.15, 0.2) is 77.9 Å². The maximum Gasteiger partial charge on any atom is 0.271 e. The third-order valence-electron chi connectivity index (χ3n) is 4.06. The molecule has 0 aliphatic rings. The highest BCUT2D eigenvalue weighted by molar-refractivity contribution is 6.30. The van der Waals surface area contributed by atoms with E-state index in [2.05, 4.69) is 15.8 Å². The Balaban J connectivity index is 1.48. The van der Waals surface area contributed by atoms with Gasteiger partial charge in [0.15, 0.2) is 6.61 Å². The van der Waals surface area contributed by atoms with Gasteiger partial charge >= 0.3 is 0 Å². The Hall–Kier alpha value is -4.24. The quantitative estimate of drug-likeness (QED) is 0.303. The number of benzene rings is 3. The minimum absolute atomic E-state index is 0.121. The Morgan fingerprint density at radius 2 is 1.81 bits per heavy atom. The molecule has 2 amide bonds. The Kier molecular flexibility index (Phi) is 7.50. The number of nitro benzene ring substituents is 1. The summed E-state index contributed by atoms with van der Waals surface area (Å²) in [5, 5.41) is 17.8. The summed E-state index contributed by atoms with van der Waals surface area (Å²) < 4.78 is 5.44. The van der Waals surface area contributed by atoms with Crippen LogP contribution in [0.1, 0.15) is 15.9 Å². The first-order valence-corrected chi connectivity index (χ1v) is 9.64. The van der Waals surface area contributed by atoms with Gasteiger partial charge in [-0.1, -0.05) is 23.7 Å². The average molecular weight is 453 g/mol. The van der Waals surface area contributed by atoms with E-state index in [1.165, 1.54) is 30.5 Å². The molecular weight excluding hydrogens is 436 g/mol. The van der Waals surface area contributed by atoms with E-state index in [1.54, 1.807) is 48.5 Å². The molecule has 0 spiro atoms. The van der Waals surface area contributed by atoms with Gasteiger partial charge in [-0.05, 0) is 54.1 Å². The number of nitrogens with zero attached hydrogens (tertiary/aromatic N) is 2. The lowest BCUT2D eigenvalue weighted by Gasteiger charge is -2.08. The fourth-order valence-corrected chi connectivity index (χ4v) is 2.74. The number of nitro groups is 1. The van der Waals surface area contributed by atoms with Crippen molar-refractivity contribution in [1.82, 2.24) is 5.43 Å². The predicted octanol–water partition coefficient (Wildman–Crippen LogP) is 4.03. The molecule has 32 heavy (non-hydrogen) atoms. The largest absolute Gasteiger partial charge is 0.484 e. The Bertz CT molecular complexity index is 1160. The molecule has 0 radical (unpaired) electrons. The van der Waals surface area contributed by atoms with Crippen molar-refractivity contribution in [1.29, 1.82) is 0 Å². The van der Waals surface area contributed by atoms with Gasteiger partial charge < -0.3 is 10.1 Å². The van der Waals surface area contributed by atoms with Crippen LogP contribution in [0.3, 0.4) is 0 Å². The summed E-state index contributed by atoms with van der Waals surface area (Å²) in [6, 6.07) is 18.8. The number of rotatable bonds is 8. The normalized spacial score (nSPS) is 10.5. The van der Waals surface area contributed by atoms with E-state index in [4.69, 9.17) is 16.3 Å². The van der Waals surface area contributed by atoms with E-state index in [1.807, 2.05) is 0 Å². The Morgan fingerprint density at radius 1 is 1.06 bits per heavy atom. The average Bonchev–Trinajstić information content (AvgIpc) is 2.78. The molecule has 0 bridgehead atoms. The second-order valence-corrected chi connectivity index (χ2v) is 6.86. The molecule has 0 unspecified atom stereocenters. The number of hydrogen-bond donors (Lipinski definition) is 2. The van der Waals surface area contributed by atoms with Gasteiger partial charge in [0.05, 0.1) is 11.1 Å². The molecule has 0 saturated heterocycles. The number of carbonyl (C=O) groups is 2. The summed E-state index contributed by atoms with van der Waals surface area (Å²) in [7, 11) is 0. The molecule has 162 valence electrons. The van der Waals surface area contributed by atoms with E-state index < -0.39 is 10.8 Å². The number of amides is 2. The van der Waals surface area contributed by atoms with Crippen molar-refractivity contribution >= 4 is 41.0 Å². The summed E-state index contributed by atoms with van der Waals surface area (Å²) in [5.74, 6) is -0.429. The van der Waals surface area contributed by atoms with Crippen LogP contribution in [0.2, 0.25) is 5.02 Å². The van der Waals surface area contributed by atoms with Crippen LogP contribution in [0.5, 0.6) is 5.75 Å². The third-order valence-corrected chi connectivity index (χ3v) is 4.29. The molecule has 0 aliphatic heterocycles. The highest BCUT2D eigenvalue weighted by Gasteiger charge is 2.10. The van der Waals surface area contributed by atoms with Gasteiger partial charge in [0, 0.05) is 28.4 Å². The number of nitrogens with one attached hydrogen (secondary N) is 2. The zero-order chi connectivity index (χ0) is 22.9. The molecule has 3 rings (SSSR count). The van der Waals surface area contributed by atoms with E-state index in [0.29, 0.717) is 22.0 Å². The molecule has 0 fully saturated rings. The van der Waals surface area contributed by atoms with Crippen molar-refractivity contribution in [3.8, 4) is 5.75 Å². The monoisotopic (exact) mass is 452 g/mol. The van der Waals surface area contributed by atoms with Crippen molar-refractivity contribution in [3.05, 3.63) is 99.1 Å². The van der Waals surface area contributed by atoms with E-state index in [0.717, 1.165) is 0 Å². The number of halogens is 1. The number of hydrazone groups is 1. The van der Waals surface area contributed by atoms with Crippen LogP contribution in [0, 0.1) is 10.1 Å². The molecule has 0 saturated carbocycles. The first-order valence-electron chi connectivity index (χ1n) is 9.27. The van der Waals surface area contributed by atoms with Gasteiger partial charge in [-0.25, -0.2) is 5.43 Å². The molecule has 0 aliphatic carbocycles. The lowest BCUT2D eigenvalue weighted by Crippen LogP contribution is -2.20. The molecule has 9 nitrogen and oxygen atoms in total. The van der Waals surface area contributed by atoms with Crippen LogP contribution in [-0.4, -0.2) is 29.6 Å². The molecule has 0 heterocycles. The standard InChI is InChI=1S/C22H17ClN4O5/c23-17-4-2-5-18(12-17)25-21(28)14-32-20-9-7-15(8-10-20)13-24-26-22(29)16-3-1-6-19(11-16)27(30)31/h1-13H,14H2,(H,25,28)(H,26,29)/b24-13-. The van der Waals surface area contributed by atoms with Gasteiger partial charge in [-0.2, -0.15) is 5.10 Å². The summed E-state index contributed by atoms with van der Waals surface area (Å²) in [4.78, 5) is 34.2. The minimum atomic E-state index is -0.579. The Labute approximate surface area is 187 Å². The summed E-state index contributed by atoms with van der Waals surface area (Å²) in [5.41, 5.74) is 3.49. The number of non-ortho nitro benzene ring substituents is 1. The van der Waals surface area contributed by atoms with Crippen LogP contribution < -0.4 is 15.5 Å². The van der Waals surface area contributed by atoms with Gasteiger partial charge in [0.2, 0.25) is 0 Å². The number of anilines is 1. The molecule has 3 aromatic rings. The smallest absolute Gasteiger partial charge is 0.271 e. The lowest BCUT2D eigenvalue weighted by molar-refractivity contribution is -0.384. The second kappa shape index (κ2) is 10.7. The number of ether oxygens (including phenoxy) is 1. The first-order chi connectivity index (χ1) is 15.4. The molecular formula is C22H17ClN4O5. The van der Waals surface area contributed by atoms with Crippen molar-refractivity contribution in [2.45, 2.75) is 0 Å². The van der Waals surface area contributed by atoms with E-state index >= 15 is 0 Å². The fraction of sp³-hybridized carbons (Fsp3) is 0.0455. The van der Waals surface area contributed by atoms with Gasteiger partial charge in [-0.15, -0.1) is 0 Å². The summed E-state index contributed by atoms with van der Waals surface area (Å²) in [6.07, 6.45) is 1.41. The van der Waals surface area contributed by atoms with E-state index in [9.17, 15) is 19.7 Å². The van der Waals surface area contributed by atoms with Crippen LogP contribution in [0.4, 0.5) is 11.4 Å². The molecule has 2 N–H and O–H groups in total. The van der Waals surface area contributed by atoms with Crippen LogP contribution in [0.25, 0.3) is 0 Å². The topological polar surface area (TPSA) is 123 Å². The fourth-order valence-electron chi connectivity index (χ4n) is 2.55. The Morgan fingerprint density at radius 3 is 2.53 bits per heavy atom. The third kappa shape index (κ3) is 6.64. The van der Waals surface area contributed by atoms with Crippen molar-refractivity contribution in [2.75, 3.05) is 11.9 Å². The highest BCUT2D eigenvalue weighted by atomic mass is 35.5. The van der Waals surface area contributed by atoms with Crippen LogP contribution >= 0.6 is 11.6 Å². The van der Waals surface area contributed by atoms with E-state index in [-0.39, 0.29) is 23.8 Å². The van der Waals surface area contributed by atoms with Gasteiger partial charge in [-0.3, -0.25) is 19.7 Å². The maximum absolute atomic E-state index is 12.0. The summed E-state index contributed by atoms with van der Waals surface area (Å²) in [6.45, 7) is -0.181. The highest BCUT2D eigenvalue weighted by Crippen LogP contribution is 2.16. The minimum Gasteiger partial charge on any atom is -0.484 e. The van der Waals surface area contributed by atoms with Crippen molar-refractivity contribution < 1.29 is 19.2 Å². The maximum atomic E-state index is 12.0. The summed E-state index contributed by atoms with van der Waals surface area (Å²) >= 11 is 5.88. The zero-order valence-corrected chi connectivity index (χ0v) is 17.3. The van der Waals surface area contributed by atoms with Crippen LogP contribution in [-0.2, 0) is 4.79 Å². The predicted molar refractivity (Wildman–Crippen MR) is 120 cm³/mol. The van der Waals surface area contributed by atoms with Crippen molar-refractivity contribution in [3.63, 3.8) is 0 Å². The molecule has 0 atom stereocenters. The number of hydrogen-bond acceptors (Lipinski definition) is 6. The lowest BCUT2D eigenvalue weighted by atomic mass is 10.2. The SMILES string of the molecule is O=C(COc1ccc(/C=N\NC(=O)c2cccc([N+](=O)[O-])c2)cc1)Nc1cccc(Cl)c1. The zero-order valence-electron chi connectivity index (χ0n) is 16.5. The van der Waals surface area contributed by atoms with Gasteiger partial charge in [0.1, 0.15) is 5.75 Å². The first kappa shape index (κ1) is 22.4. The molecule has 0 aromatic heterocycles. The number of carbonyl (C=O) groups excluding carboxylic acids is 2. The molecule has 10 heteroatoms.